The second-order valence-electron chi connectivity index (χ2n) is 6.38. The maximum atomic E-state index is 13.2. The maximum absolute atomic E-state index is 13.2. The summed E-state index contributed by atoms with van der Waals surface area (Å²) < 4.78 is 15.1. The number of aromatic nitrogens is 2. The van der Waals surface area contributed by atoms with Crippen LogP contribution in [0.25, 0.3) is 0 Å². The Morgan fingerprint density at radius 3 is 2.48 bits per heavy atom. The summed E-state index contributed by atoms with van der Waals surface area (Å²) in [5, 5.41) is 11.8. The molecule has 0 unspecified atom stereocenters. The highest BCUT2D eigenvalue weighted by Crippen LogP contribution is 2.23. The van der Waals surface area contributed by atoms with E-state index in [0.717, 1.165) is 28.3 Å². The monoisotopic (exact) mass is 402 g/mol. The van der Waals surface area contributed by atoms with Crippen LogP contribution in [-0.2, 0) is 6.54 Å². The van der Waals surface area contributed by atoms with Gasteiger partial charge in [0, 0.05) is 10.7 Å². The van der Waals surface area contributed by atoms with Crippen LogP contribution in [0.4, 0.5) is 15.8 Å². The SMILES string of the molecule is Cc1ccc(NC(=S)Nc2c(C)nn(Cc3ccc(F)cc3Cl)c2C)cc1. The topological polar surface area (TPSA) is 41.9 Å². The van der Waals surface area contributed by atoms with E-state index in [1.807, 2.05) is 49.7 Å². The van der Waals surface area contributed by atoms with E-state index in [9.17, 15) is 4.39 Å². The second-order valence-corrected chi connectivity index (χ2v) is 7.20. The molecule has 4 nitrogen and oxygen atoms in total. The van der Waals surface area contributed by atoms with Gasteiger partial charge in [0.1, 0.15) is 5.82 Å². The van der Waals surface area contributed by atoms with E-state index in [0.29, 0.717) is 16.7 Å². The predicted molar refractivity (Wildman–Crippen MR) is 113 cm³/mol. The number of anilines is 2. The van der Waals surface area contributed by atoms with E-state index in [4.69, 9.17) is 23.8 Å². The average Bonchev–Trinajstić information content (AvgIpc) is 2.87. The van der Waals surface area contributed by atoms with Gasteiger partial charge >= 0.3 is 0 Å². The summed E-state index contributed by atoms with van der Waals surface area (Å²) in [6.07, 6.45) is 0. The second kappa shape index (κ2) is 8.06. The van der Waals surface area contributed by atoms with Crippen molar-refractivity contribution in [2.24, 2.45) is 0 Å². The normalized spacial score (nSPS) is 10.7. The summed E-state index contributed by atoms with van der Waals surface area (Å²) in [7, 11) is 0. The Morgan fingerprint density at radius 1 is 1.11 bits per heavy atom. The highest BCUT2D eigenvalue weighted by molar-refractivity contribution is 7.80. The van der Waals surface area contributed by atoms with Gasteiger partial charge in [-0.15, -0.1) is 0 Å². The first kappa shape index (κ1) is 19.3. The minimum absolute atomic E-state index is 0.355. The van der Waals surface area contributed by atoms with Gasteiger partial charge in [-0.1, -0.05) is 35.4 Å². The van der Waals surface area contributed by atoms with E-state index in [1.165, 1.54) is 17.7 Å². The number of rotatable bonds is 4. The van der Waals surface area contributed by atoms with Crippen LogP contribution in [0.2, 0.25) is 5.02 Å². The number of halogens is 2. The van der Waals surface area contributed by atoms with Gasteiger partial charge in [-0.3, -0.25) is 4.68 Å². The highest BCUT2D eigenvalue weighted by atomic mass is 35.5. The van der Waals surface area contributed by atoms with Crippen molar-refractivity contribution in [2.45, 2.75) is 27.3 Å². The minimum atomic E-state index is -0.355. The molecule has 0 aliphatic carbocycles. The number of nitrogens with zero attached hydrogens (tertiary/aromatic N) is 2. The van der Waals surface area contributed by atoms with Crippen LogP contribution in [0, 0.1) is 26.6 Å². The van der Waals surface area contributed by atoms with Crippen molar-refractivity contribution in [1.29, 1.82) is 0 Å². The summed E-state index contributed by atoms with van der Waals surface area (Å²) in [4.78, 5) is 0. The molecule has 0 aliphatic heterocycles. The van der Waals surface area contributed by atoms with Gasteiger partial charge < -0.3 is 10.6 Å². The van der Waals surface area contributed by atoms with Gasteiger partial charge in [0.05, 0.1) is 23.6 Å². The van der Waals surface area contributed by atoms with E-state index < -0.39 is 0 Å². The molecule has 1 heterocycles. The Bertz CT molecular complexity index is 982. The molecule has 3 aromatic rings. The summed E-state index contributed by atoms with van der Waals surface area (Å²) in [6.45, 7) is 6.35. The first-order valence-electron chi connectivity index (χ1n) is 8.46. The van der Waals surface area contributed by atoms with Crippen molar-refractivity contribution in [3.63, 3.8) is 0 Å². The minimum Gasteiger partial charge on any atom is -0.332 e. The Balaban J connectivity index is 1.75. The summed E-state index contributed by atoms with van der Waals surface area (Å²) >= 11 is 11.6. The molecular formula is C20H20ClFN4S. The number of benzene rings is 2. The van der Waals surface area contributed by atoms with Crippen LogP contribution in [-0.4, -0.2) is 14.9 Å². The van der Waals surface area contributed by atoms with Crippen molar-refractivity contribution >= 4 is 40.3 Å². The molecule has 0 atom stereocenters. The first-order chi connectivity index (χ1) is 12.8. The van der Waals surface area contributed by atoms with Crippen LogP contribution >= 0.6 is 23.8 Å². The van der Waals surface area contributed by atoms with Crippen LogP contribution < -0.4 is 10.6 Å². The van der Waals surface area contributed by atoms with Gasteiger partial charge in [0.15, 0.2) is 5.11 Å². The molecule has 140 valence electrons. The zero-order valence-corrected chi connectivity index (χ0v) is 16.9. The zero-order chi connectivity index (χ0) is 19.6. The molecule has 0 spiro atoms. The summed E-state index contributed by atoms with van der Waals surface area (Å²) in [6, 6.07) is 12.4. The van der Waals surface area contributed by atoms with Crippen LogP contribution in [0.15, 0.2) is 42.5 Å². The van der Waals surface area contributed by atoms with Gasteiger partial charge in [0.25, 0.3) is 0 Å². The van der Waals surface area contributed by atoms with E-state index in [-0.39, 0.29) is 5.82 Å². The van der Waals surface area contributed by atoms with Crippen LogP contribution in [0.3, 0.4) is 0 Å². The third kappa shape index (κ3) is 4.64. The molecule has 1 aromatic heterocycles. The lowest BCUT2D eigenvalue weighted by atomic mass is 10.2. The average molecular weight is 403 g/mol. The quantitative estimate of drug-likeness (QED) is 0.569. The third-order valence-electron chi connectivity index (χ3n) is 4.26. The Morgan fingerprint density at radius 2 is 1.81 bits per heavy atom. The fourth-order valence-electron chi connectivity index (χ4n) is 2.76. The van der Waals surface area contributed by atoms with Crippen molar-refractivity contribution in [1.82, 2.24) is 9.78 Å². The fourth-order valence-corrected chi connectivity index (χ4v) is 3.20. The smallest absolute Gasteiger partial charge is 0.175 e. The Kier molecular flexibility index (Phi) is 5.77. The highest BCUT2D eigenvalue weighted by Gasteiger charge is 2.14. The van der Waals surface area contributed by atoms with Crippen molar-refractivity contribution < 1.29 is 4.39 Å². The number of hydrogen-bond acceptors (Lipinski definition) is 2. The predicted octanol–water partition coefficient (Wildman–Crippen LogP) is 5.46. The number of aryl methyl sites for hydroxylation is 2. The standard InChI is InChI=1S/C20H20ClFN4S/c1-12-4-8-17(9-5-12)23-20(27)24-19-13(2)25-26(14(19)3)11-15-6-7-16(22)10-18(15)21/h4-10H,11H2,1-3H3,(H2,23,24,27). The van der Waals surface area contributed by atoms with Crippen LogP contribution in [0.5, 0.6) is 0 Å². The summed E-state index contributed by atoms with van der Waals surface area (Å²) in [5.74, 6) is -0.355. The molecule has 0 fully saturated rings. The Labute approximate surface area is 168 Å². The lowest BCUT2D eigenvalue weighted by Crippen LogP contribution is -2.20. The largest absolute Gasteiger partial charge is 0.332 e. The molecule has 0 radical (unpaired) electrons. The molecule has 0 saturated heterocycles. The lowest BCUT2D eigenvalue weighted by Gasteiger charge is -2.12. The van der Waals surface area contributed by atoms with Crippen molar-refractivity contribution in [3.05, 3.63) is 75.8 Å². The van der Waals surface area contributed by atoms with E-state index >= 15 is 0 Å². The van der Waals surface area contributed by atoms with Gasteiger partial charge in [0.2, 0.25) is 0 Å². The molecule has 2 aromatic carbocycles. The first-order valence-corrected chi connectivity index (χ1v) is 9.24. The fraction of sp³-hybridized carbons (Fsp3) is 0.200. The molecule has 0 bridgehead atoms. The third-order valence-corrected chi connectivity index (χ3v) is 4.82. The number of hydrogen-bond donors (Lipinski definition) is 2. The van der Waals surface area contributed by atoms with E-state index in [2.05, 4.69) is 15.7 Å². The van der Waals surface area contributed by atoms with Gasteiger partial charge in [-0.05, 0) is 62.8 Å². The molecular weight excluding hydrogens is 383 g/mol. The number of thiocarbonyl (C=S) groups is 1. The molecule has 27 heavy (non-hydrogen) atoms. The molecule has 7 heteroatoms. The molecule has 2 N–H and O–H groups in total. The van der Waals surface area contributed by atoms with Crippen molar-refractivity contribution in [2.75, 3.05) is 10.6 Å². The molecule has 3 rings (SSSR count). The van der Waals surface area contributed by atoms with Crippen LogP contribution in [0.1, 0.15) is 22.5 Å². The van der Waals surface area contributed by atoms with Crippen molar-refractivity contribution in [3.8, 4) is 0 Å². The van der Waals surface area contributed by atoms with Gasteiger partial charge in [-0.25, -0.2) is 4.39 Å². The molecule has 0 saturated carbocycles. The summed E-state index contributed by atoms with van der Waals surface area (Å²) in [5.41, 5.74) is 5.49. The van der Waals surface area contributed by atoms with E-state index in [1.54, 1.807) is 6.07 Å². The molecule has 0 amide bonds. The lowest BCUT2D eigenvalue weighted by molar-refractivity contribution is 0.622. The van der Waals surface area contributed by atoms with Gasteiger partial charge in [-0.2, -0.15) is 5.10 Å². The zero-order valence-electron chi connectivity index (χ0n) is 15.3. The molecule has 0 aliphatic rings. The Hall–Kier alpha value is -2.44. The maximum Gasteiger partial charge on any atom is 0.175 e. The number of nitrogens with one attached hydrogen (secondary N) is 2.